The highest BCUT2D eigenvalue weighted by atomic mass is 32.2. The van der Waals surface area contributed by atoms with Gasteiger partial charge in [0.05, 0.1) is 19.0 Å². The van der Waals surface area contributed by atoms with Crippen LogP contribution in [-0.4, -0.2) is 95.1 Å². The maximum atomic E-state index is 12.4. The van der Waals surface area contributed by atoms with Gasteiger partial charge in [0.1, 0.15) is 0 Å². The molecular weight excluding hydrogens is 388 g/mol. The normalized spacial score (nSPS) is 22.1. The Morgan fingerprint density at radius 1 is 1.33 bits per heavy atom. The summed E-state index contributed by atoms with van der Waals surface area (Å²) in [6.45, 7) is 8.07. The molecule has 2 rings (SSSR count). The molecule has 1 unspecified atom stereocenters. The molecule has 0 amide bonds. The second-order valence-electron chi connectivity index (χ2n) is 6.67. The van der Waals surface area contributed by atoms with Crippen molar-refractivity contribution in [3.8, 4) is 0 Å². The minimum atomic E-state index is -3.19. The zero-order chi connectivity index (χ0) is 19.4. The number of hydrogen-bond acceptors (Lipinski definition) is 6. The summed E-state index contributed by atoms with van der Waals surface area (Å²) in [4.78, 5) is 4.49. The molecular formula is C17H34N4O4S2. The number of sulfonamides is 1. The third-order valence-corrected chi connectivity index (χ3v) is 7.27. The third kappa shape index (κ3) is 8.99. The molecule has 8 nitrogen and oxygen atoms in total. The first-order valence-electron chi connectivity index (χ1n) is 9.85. The molecule has 2 heterocycles. The van der Waals surface area contributed by atoms with E-state index in [2.05, 4.69) is 15.6 Å². The van der Waals surface area contributed by atoms with Gasteiger partial charge in [0.15, 0.2) is 5.96 Å². The van der Waals surface area contributed by atoms with E-state index < -0.39 is 10.0 Å². The van der Waals surface area contributed by atoms with Gasteiger partial charge in [-0.1, -0.05) is 0 Å². The summed E-state index contributed by atoms with van der Waals surface area (Å²) in [6.07, 6.45) is 1.93. The maximum Gasteiger partial charge on any atom is 0.215 e. The van der Waals surface area contributed by atoms with Crippen LogP contribution in [0.3, 0.4) is 0 Å². The van der Waals surface area contributed by atoms with E-state index in [1.54, 1.807) is 16.1 Å². The van der Waals surface area contributed by atoms with Crippen molar-refractivity contribution < 1.29 is 17.9 Å². The minimum Gasteiger partial charge on any atom is -0.381 e. The van der Waals surface area contributed by atoms with Crippen molar-refractivity contribution in [3.05, 3.63) is 0 Å². The molecule has 2 aliphatic rings. The molecule has 158 valence electrons. The summed E-state index contributed by atoms with van der Waals surface area (Å²) in [5.41, 5.74) is 0. The lowest BCUT2D eigenvalue weighted by Gasteiger charge is -2.25. The number of aliphatic imine (C=N–C) groups is 1. The quantitative estimate of drug-likeness (QED) is 0.282. The Morgan fingerprint density at radius 2 is 2.15 bits per heavy atom. The molecule has 0 radical (unpaired) electrons. The molecule has 2 fully saturated rings. The summed E-state index contributed by atoms with van der Waals surface area (Å²) >= 11 is 1.80. The molecule has 0 saturated carbocycles. The number of thioether (sulfide) groups is 1. The van der Waals surface area contributed by atoms with Crippen molar-refractivity contribution in [3.63, 3.8) is 0 Å². The van der Waals surface area contributed by atoms with Crippen LogP contribution in [-0.2, 0) is 19.5 Å². The van der Waals surface area contributed by atoms with Gasteiger partial charge in [-0.05, 0) is 19.8 Å². The minimum absolute atomic E-state index is 0.0919. The van der Waals surface area contributed by atoms with E-state index in [-0.39, 0.29) is 5.75 Å². The van der Waals surface area contributed by atoms with Crippen molar-refractivity contribution >= 4 is 27.7 Å². The fraction of sp³-hybridized carbons (Fsp3) is 0.941. The number of ether oxygens (including phenoxy) is 2. The lowest BCUT2D eigenvalue weighted by Crippen LogP contribution is -2.44. The standard InChI is InChI=1S/C17H34N4O4S2/c1-2-18-17(19-5-3-9-24-14-16-4-10-25-15-16)20-6-13-27(22,23)21-7-11-26-12-8-21/h16H,2-15H2,1H3,(H2,18,19,20). The summed E-state index contributed by atoms with van der Waals surface area (Å²) < 4.78 is 37.3. The molecule has 1 atom stereocenters. The van der Waals surface area contributed by atoms with Gasteiger partial charge in [-0.15, -0.1) is 0 Å². The van der Waals surface area contributed by atoms with E-state index in [1.807, 2.05) is 6.92 Å². The number of hydrogen-bond donors (Lipinski definition) is 2. The second kappa shape index (κ2) is 12.8. The van der Waals surface area contributed by atoms with Crippen LogP contribution in [0, 0.1) is 5.92 Å². The molecule has 0 aromatic rings. The van der Waals surface area contributed by atoms with Crippen LogP contribution >= 0.6 is 11.8 Å². The van der Waals surface area contributed by atoms with E-state index in [0.717, 1.165) is 50.7 Å². The molecule has 0 bridgehead atoms. The highest BCUT2D eigenvalue weighted by Crippen LogP contribution is 2.13. The van der Waals surface area contributed by atoms with Gasteiger partial charge in [0, 0.05) is 63.4 Å². The topological polar surface area (TPSA) is 92.3 Å². The van der Waals surface area contributed by atoms with Gasteiger partial charge in [-0.3, -0.25) is 4.99 Å². The number of rotatable bonds is 11. The van der Waals surface area contributed by atoms with Gasteiger partial charge in [0.2, 0.25) is 10.0 Å². The fourth-order valence-corrected chi connectivity index (χ4v) is 5.41. The summed E-state index contributed by atoms with van der Waals surface area (Å²) in [6, 6.07) is 0. The zero-order valence-electron chi connectivity index (χ0n) is 16.3. The first-order chi connectivity index (χ1) is 13.1. The van der Waals surface area contributed by atoms with Crippen molar-refractivity contribution in [2.45, 2.75) is 19.8 Å². The first kappa shape index (κ1) is 22.7. The molecule has 0 spiro atoms. The monoisotopic (exact) mass is 422 g/mol. The Kier molecular flexibility index (Phi) is 10.8. The average Bonchev–Trinajstić information content (AvgIpc) is 3.18. The van der Waals surface area contributed by atoms with Gasteiger partial charge in [-0.25, -0.2) is 12.7 Å². The Hall–Kier alpha value is -0.550. The van der Waals surface area contributed by atoms with Crippen molar-refractivity contribution in [2.75, 3.05) is 76.4 Å². The van der Waals surface area contributed by atoms with E-state index >= 15 is 0 Å². The molecule has 2 saturated heterocycles. The van der Waals surface area contributed by atoms with Gasteiger partial charge < -0.3 is 20.1 Å². The summed E-state index contributed by atoms with van der Waals surface area (Å²) in [5.74, 6) is 3.05. The van der Waals surface area contributed by atoms with Crippen LogP contribution in [0.5, 0.6) is 0 Å². The highest BCUT2D eigenvalue weighted by molar-refractivity contribution is 7.99. The molecule has 0 aliphatic carbocycles. The largest absolute Gasteiger partial charge is 0.381 e. The van der Waals surface area contributed by atoms with Crippen molar-refractivity contribution in [1.29, 1.82) is 0 Å². The number of nitrogens with zero attached hydrogens (tertiary/aromatic N) is 2. The Balaban J connectivity index is 1.62. The van der Waals surface area contributed by atoms with Crippen LogP contribution in [0.25, 0.3) is 0 Å². The third-order valence-electron chi connectivity index (χ3n) is 4.45. The molecule has 2 N–H and O–H groups in total. The fourth-order valence-electron chi connectivity index (χ4n) is 2.92. The van der Waals surface area contributed by atoms with Crippen molar-refractivity contribution in [1.82, 2.24) is 14.9 Å². The van der Waals surface area contributed by atoms with Gasteiger partial charge >= 0.3 is 0 Å². The van der Waals surface area contributed by atoms with Gasteiger partial charge in [-0.2, -0.15) is 11.8 Å². The highest BCUT2D eigenvalue weighted by Gasteiger charge is 2.23. The number of nitrogens with one attached hydrogen (secondary N) is 2. The van der Waals surface area contributed by atoms with E-state index in [0.29, 0.717) is 44.7 Å². The lowest BCUT2D eigenvalue weighted by atomic mass is 10.1. The lowest BCUT2D eigenvalue weighted by molar-refractivity contribution is 0.0893. The van der Waals surface area contributed by atoms with Crippen LogP contribution in [0.1, 0.15) is 19.8 Å². The van der Waals surface area contributed by atoms with E-state index in [9.17, 15) is 8.42 Å². The van der Waals surface area contributed by atoms with Crippen LogP contribution in [0.4, 0.5) is 0 Å². The second-order valence-corrected chi connectivity index (χ2v) is 9.99. The van der Waals surface area contributed by atoms with E-state index in [1.165, 1.54) is 0 Å². The Morgan fingerprint density at radius 3 is 2.85 bits per heavy atom. The molecule has 0 aromatic carbocycles. The Labute approximate surface area is 167 Å². The van der Waals surface area contributed by atoms with Crippen molar-refractivity contribution in [2.24, 2.45) is 10.9 Å². The summed E-state index contributed by atoms with van der Waals surface area (Å²) in [5, 5.41) is 6.28. The van der Waals surface area contributed by atoms with Crippen LogP contribution in [0.15, 0.2) is 4.99 Å². The van der Waals surface area contributed by atoms with E-state index in [4.69, 9.17) is 9.47 Å². The molecule has 27 heavy (non-hydrogen) atoms. The molecule has 0 aromatic heterocycles. The number of guanidine groups is 1. The van der Waals surface area contributed by atoms with Crippen LogP contribution < -0.4 is 10.6 Å². The van der Waals surface area contributed by atoms with Crippen LogP contribution in [0.2, 0.25) is 0 Å². The zero-order valence-corrected chi connectivity index (χ0v) is 18.0. The molecule has 2 aliphatic heterocycles. The predicted octanol–water partition coefficient (Wildman–Crippen LogP) is 0.363. The first-order valence-corrected chi connectivity index (χ1v) is 12.6. The maximum absolute atomic E-state index is 12.4. The average molecular weight is 423 g/mol. The predicted molar refractivity (Wildman–Crippen MR) is 111 cm³/mol. The van der Waals surface area contributed by atoms with Gasteiger partial charge in [0.25, 0.3) is 0 Å². The molecule has 10 heteroatoms. The smallest absolute Gasteiger partial charge is 0.215 e. The Bertz CT molecular complexity index is 533. The summed E-state index contributed by atoms with van der Waals surface area (Å²) in [7, 11) is -3.19. The SMILES string of the molecule is CCNC(=NCCCOCC1CCOC1)NCCS(=O)(=O)N1CCSCC1.